The van der Waals surface area contributed by atoms with Gasteiger partial charge in [-0.3, -0.25) is 4.79 Å². The number of hydrogen-bond donors (Lipinski definition) is 1. The summed E-state index contributed by atoms with van der Waals surface area (Å²) in [6.07, 6.45) is 7.26. The highest BCUT2D eigenvalue weighted by atomic mass is 32.2. The molecular formula is C25H30N4O4S. The molecule has 0 spiro atoms. The Morgan fingerprint density at radius 3 is 2.38 bits per heavy atom. The number of nitrogens with zero attached hydrogens (tertiary/aromatic N) is 3. The molecular weight excluding hydrogens is 452 g/mol. The van der Waals surface area contributed by atoms with Crippen LogP contribution in [-0.2, 0) is 17.1 Å². The van der Waals surface area contributed by atoms with Gasteiger partial charge in [0.15, 0.2) is 0 Å². The van der Waals surface area contributed by atoms with E-state index in [1.165, 1.54) is 10.4 Å². The van der Waals surface area contributed by atoms with Crippen LogP contribution in [0.4, 0.5) is 0 Å². The van der Waals surface area contributed by atoms with Crippen molar-refractivity contribution in [1.82, 2.24) is 19.2 Å². The lowest BCUT2D eigenvalue weighted by Crippen LogP contribution is -2.33. The Bertz CT molecular complexity index is 1230. The number of aromatic nitrogens is 2. The molecule has 2 aromatic carbocycles. The molecule has 1 aliphatic heterocycles. The molecule has 1 atom stereocenters. The first-order valence-corrected chi connectivity index (χ1v) is 12.9. The first-order chi connectivity index (χ1) is 16.4. The zero-order valence-corrected chi connectivity index (χ0v) is 20.3. The standard InChI is InChI=1S/C25H30N4O4S/c1-28-17-14-26-24(28)23(19-10-12-21(33-2)13-11-19)27-25(30)20-8-7-9-22(18-20)34(31,32)29-15-5-3-4-6-16-29/h7-14,17-18,23H,3-6,15-16H2,1-2H3,(H,27,30)/t23-/m0/s1. The number of carbonyl (C=O) groups is 1. The summed E-state index contributed by atoms with van der Waals surface area (Å²) < 4.78 is 35.1. The van der Waals surface area contributed by atoms with Crippen LogP contribution in [0.25, 0.3) is 0 Å². The van der Waals surface area contributed by atoms with Crippen LogP contribution in [0, 0.1) is 0 Å². The van der Waals surface area contributed by atoms with Crippen LogP contribution in [0.2, 0.25) is 0 Å². The van der Waals surface area contributed by atoms with Crippen molar-refractivity contribution >= 4 is 15.9 Å². The van der Waals surface area contributed by atoms with Gasteiger partial charge < -0.3 is 14.6 Å². The van der Waals surface area contributed by atoms with Gasteiger partial charge in [-0.2, -0.15) is 4.31 Å². The van der Waals surface area contributed by atoms with E-state index in [0.717, 1.165) is 31.2 Å². The highest BCUT2D eigenvalue weighted by Crippen LogP contribution is 2.25. The van der Waals surface area contributed by atoms with Crippen LogP contribution in [-0.4, -0.2) is 48.4 Å². The van der Waals surface area contributed by atoms with Crippen molar-refractivity contribution in [2.45, 2.75) is 36.6 Å². The molecule has 34 heavy (non-hydrogen) atoms. The van der Waals surface area contributed by atoms with Gasteiger partial charge in [0.05, 0.1) is 12.0 Å². The molecule has 1 N–H and O–H groups in total. The molecule has 1 fully saturated rings. The van der Waals surface area contributed by atoms with Gasteiger partial charge in [0.2, 0.25) is 10.0 Å². The molecule has 3 aromatic rings. The average molecular weight is 483 g/mol. The van der Waals surface area contributed by atoms with Gasteiger partial charge in [-0.25, -0.2) is 13.4 Å². The number of methoxy groups -OCH3 is 1. The summed E-state index contributed by atoms with van der Waals surface area (Å²) in [4.78, 5) is 17.8. The third-order valence-electron chi connectivity index (χ3n) is 6.14. The largest absolute Gasteiger partial charge is 0.497 e. The summed E-state index contributed by atoms with van der Waals surface area (Å²) in [6.45, 7) is 1.02. The maximum absolute atomic E-state index is 13.3. The Kier molecular flexibility index (Phi) is 7.33. The van der Waals surface area contributed by atoms with Crippen LogP contribution in [0.5, 0.6) is 5.75 Å². The maximum atomic E-state index is 13.3. The summed E-state index contributed by atoms with van der Waals surface area (Å²) in [5.74, 6) is 0.990. The van der Waals surface area contributed by atoms with Crippen LogP contribution in [0.15, 0.2) is 65.8 Å². The van der Waals surface area contributed by atoms with Crippen molar-refractivity contribution in [2.24, 2.45) is 7.05 Å². The SMILES string of the molecule is COc1ccc([C@H](NC(=O)c2cccc(S(=O)(=O)N3CCCCCC3)c2)c2nccn2C)cc1. The Morgan fingerprint density at radius 1 is 1.06 bits per heavy atom. The summed E-state index contributed by atoms with van der Waals surface area (Å²) in [7, 11) is -0.199. The molecule has 2 heterocycles. The number of imidazole rings is 1. The second-order valence-electron chi connectivity index (χ2n) is 8.42. The van der Waals surface area contributed by atoms with Gasteiger partial charge >= 0.3 is 0 Å². The van der Waals surface area contributed by atoms with Crippen molar-refractivity contribution in [1.29, 1.82) is 0 Å². The van der Waals surface area contributed by atoms with E-state index in [-0.39, 0.29) is 16.4 Å². The zero-order chi connectivity index (χ0) is 24.1. The molecule has 4 rings (SSSR count). The molecule has 0 unspecified atom stereocenters. The quantitative estimate of drug-likeness (QED) is 0.556. The fraction of sp³-hybridized carbons (Fsp3) is 0.360. The summed E-state index contributed by atoms with van der Waals surface area (Å²) in [5, 5.41) is 3.03. The first-order valence-electron chi connectivity index (χ1n) is 11.4. The zero-order valence-electron chi connectivity index (χ0n) is 19.5. The van der Waals surface area contributed by atoms with Gasteiger partial charge in [0, 0.05) is 38.1 Å². The van der Waals surface area contributed by atoms with Gasteiger partial charge in [0.1, 0.15) is 17.6 Å². The number of hydrogen-bond acceptors (Lipinski definition) is 5. The molecule has 0 bridgehead atoms. The van der Waals surface area contributed by atoms with Crippen molar-refractivity contribution in [3.05, 3.63) is 77.9 Å². The minimum atomic E-state index is -3.66. The Morgan fingerprint density at radius 2 is 1.76 bits per heavy atom. The van der Waals surface area contributed by atoms with Gasteiger partial charge in [-0.1, -0.05) is 31.0 Å². The van der Waals surface area contributed by atoms with Gasteiger partial charge in [-0.05, 0) is 48.7 Å². The van der Waals surface area contributed by atoms with E-state index in [2.05, 4.69) is 10.3 Å². The fourth-order valence-corrected chi connectivity index (χ4v) is 5.76. The lowest BCUT2D eigenvalue weighted by molar-refractivity contribution is 0.0941. The van der Waals surface area contributed by atoms with Crippen LogP contribution < -0.4 is 10.1 Å². The maximum Gasteiger partial charge on any atom is 0.252 e. The molecule has 1 aliphatic rings. The Balaban J connectivity index is 1.61. The number of aryl methyl sites for hydroxylation is 1. The van der Waals surface area contributed by atoms with Crippen LogP contribution in [0.1, 0.15) is 53.5 Å². The second kappa shape index (κ2) is 10.4. The van der Waals surface area contributed by atoms with Crippen molar-refractivity contribution in [3.8, 4) is 5.75 Å². The topological polar surface area (TPSA) is 93.5 Å². The number of rotatable bonds is 7. The van der Waals surface area contributed by atoms with E-state index >= 15 is 0 Å². The monoisotopic (exact) mass is 482 g/mol. The number of sulfonamides is 1. The van der Waals surface area contributed by atoms with E-state index in [9.17, 15) is 13.2 Å². The fourth-order valence-electron chi connectivity index (χ4n) is 4.19. The molecule has 180 valence electrons. The minimum absolute atomic E-state index is 0.139. The molecule has 8 nitrogen and oxygen atoms in total. The molecule has 9 heteroatoms. The normalized spacial score (nSPS) is 15.9. The average Bonchev–Trinajstić information content (AvgIpc) is 3.09. The van der Waals surface area contributed by atoms with E-state index in [0.29, 0.717) is 24.7 Å². The lowest BCUT2D eigenvalue weighted by atomic mass is 10.0. The molecule has 0 aliphatic carbocycles. The van der Waals surface area contributed by atoms with E-state index in [4.69, 9.17) is 4.74 Å². The Hall–Kier alpha value is -3.17. The predicted octanol–water partition coefficient (Wildman–Crippen LogP) is 3.51. The van der Waals surface area contributed by atoms with E-state index < -0.39 is 16.1 Å². The number of amides is 1. The molecule has 1 saturated heterocycles. The van der Waals surface area contributed by atoms with Crippen molar-refractivity contribution in [2.75, 3.05) is 20.2 Å². The van der Waals surface area contributed by atoms with Crippen molar-refractivity contribution in [3.63, 3.8) is 0 Å². The smallest absolute Gasteiger partial charge is 0.252 e. The summed E-state index contributed by atoms with van der Waals surface area (Å²) >= 11 is 0. The predicted molar refractivity (Wildman–Crippen MR) is 129 cm³/mol. The number of nitrogens with one attached hydrogen (secondary N) is 1. The number of ether oxygens (including phenoxy) is 1. The third-order valence-corrected chi connectivity index (χ3v) is 8.03. The first kappa shape index (κ1) is 24.0. The number of benzene rings is 2. The van der Waals surface area contributed by atoms with Gasteiger partial charge in [-0.15, -0.1) is 0 Å². The van der Waals surface area contributed by atoms with Gasteiger partial charge in [0.25, 0.3) is 5.91 Å². The van der Waals surface area contributed by atoms with Crippen LogP contribution >= 0.6 is 0 Å². The molecule has 1 aromatic heterocycles. The van der Waals surface area contributed by atoms with Crippen LogP contribution in [0.3, 0.4) is 0 Å². The highest BCUT2D eigenvalue weighted by molar-refractivity contribution is 7.89. The summed E-state index contributed by atoms with van der Waals surface area (Å²) in [6, 6.07) is 13.1. The Labute approximate surface area is 200 Å². The molecule has 0 radical (unpaired) electrons. The van der Waals surface area contributed by atoms with E-state index in [1.807, 2.05) is 42.1 Å². The minimum Gasteiger partial charge on any atom is -0.497 e. The highest BCUT2D eigenvalue weighted by Gasteiger charge is 2.27. The summed E-state index contributed by atoms with van der Waals surface area (Å²) in [5.41, 5.74) is 1.11. The van der Waals surface area contributed by atoms with E-state index in [1.54, 1.807) is 31.5 Å². The molecule has 0 saturated carbocycles. The number of carbonyl (C=O) groups excluding carboxylic acids is 1. The second-order valence-corrected chi connectivity index (χ2v) is 10.4. The third kappa shape index (κ3) is 5.15. The van der Waals surface area contributed by atoms with Crippen molar-refractivity contribution < 1.29 is 17.9 Å². The molecule has 1 amide bonds. The lowest BCUT2D eigenvalue weighted by Gasteiger charge is -2.21.